The second-order valence-corrected chi connectivity index (χ2v) is 5.10. The zero-order chi connectivity index (χ0) is 13.7. The van der Waals surface area contributed by atoms with Crippen molar-refractivity contribution >= 4 is 5.78 Å². The monoisotopic (exact) mass is 253 g/mol. The summed E-state index contributed by atoms with van der Waals surface area (Å²) in [6.45, 7) is 1.81. The number of ketones is 1. The Kier molecular flexibility index (Phi) is 4.13. The van der Waals surface area contributed by atoms with Gasteiger partial charge in [0.25, 0.3) is 0 Å². The first kappa shape index (κ1) is 13.5. The fraction of sp³-hybridized carbons (Fsp3) is 0.235. The largest absolute Gasteiger partial charge is 0.319 e. The van der Waals surface area contributed by atoms with Gasteiger partial charge in [-0.1, -0.05) is 60.7 Å². The molecule has 0 radical (unpaired) electrons. The summed E-state index contributed by atoms with van der Waals surface area (Å²) in [5.41, 5.74) is 7.26. The number of Topliss-reactive ketones (excluding diaryl/α,β-unsaturated/α-hetero) is 1. The van der Waals surface area contributed by atoms with Crippen LogP contribution in [0.1, 0.15) is 29.3 Å². The third kappa shape index (κ3) is 3.52. The summed E-state index contributed by atoms with van der Waals surface area (Å²) in [5, 5.41) is 0. The summed E-state index contributed by atoms with van der Waals surface area (Å²) < 4.78 is 0. The number of nitrogens with two attached hydrogens (primary N) is 1. The average molecular weight is 253 g/mol. The van der Waals surface area contributed by atoms with Crippen molar-refractivity contribution < 1.29 is 4.79 Å². The predicted molar refractivity (Wildman–Crippen MR) is 78.1 cm³/mol. The SMILES string of the molecule is CC(N)(CCc1ccccc1)C(=O)c1ccccc1. The number of carbonyl (C=O) groups excluding carboxylic acids is 1. The van der Waals surface area contributed by atoms with Crippen LogP contribution in [0.25, 0.3) is 0 Å². The predicted octanol–water partition coefficient (Wildman–Crippen LogP) is 3.22. The highest BCUT2D eigenvalue weighted by Gasteiger charge is 2.28. The summed E-state index contributed by atoms with van der Waals surface area (Å²) in [6.07, 6.45) is 1.46. The van der Waals surface area contributed by atoms with Crippen LogP contribution in [0.3, 0.4) is 0 Å². The second kappa shape index (κ2) is 5.81. The molecule has 98 valence electrons. The summed E-state index contributed by atoms with van der Waals surface area (Å²) in [7, 11) is 0. The molecule has 0 aliphatic carbocycles. The minimum absolute atomic E-state index is 0.00373. The van der Waals surface area contributed by atoms with Gasteiger partial charge in [0, 0.05) is 5.56 Å². The Bertz CT molecular complexity index is 532. The minimum atomic E-state index is -0.822. The quantitative estimate of drug-likeness (QED) is 0.831. The van der Waals surface area contributed by atoms with E-state index in [-0.39, 0.29) is 5.78 Å². The van der Waals surface area contributed by atoms with Crippen LogP contribution in [-0.4, -0.2) is 11.3 Å². The first-order valence-corrected chi connectivity index (χ1v) is 6.52. The molecular weight excluding hydrogens is 234 g/mol. The highest BCUT2D eigenvalue weighted by molar-refractivity contribution is 6.02. The van der Waals surface area contributed by atoms with E-state index in [1.807, 2.05) is 55.5 Å². The molecule has 0 aromatic heterocycles. The number of benzene rings is 2. The molecule has 2 heteroatoms. The van der Waals surface area contributed by atoms with Crippen LogP contribution >= 0.6 is 0 Å². The van der Waals surface area contributed by atoms with E-state index in [1.54, 1.807) is 0 Å². The average Bonchev–Trinajstić information content (AvgIpc) is 2.46. The molecule has 2 rings (SSSR count). The van der Waals surface area contributed by atoms with E-state index < -0.39 is 5.54 Å². The molecular formula is C17H19NO. The highest BCUT2D eigenvalue weighted by atomic mass is 16.1. The molecule has 0 saturated carbocycles. The molecule has 0 spiro atoms. The van der Waals surface area contributed by atoms with Crippen LogP contribution in [0.15, 0.2) is 60.7 Å². The Morgan fingerprint density at radius 2 is 1.53 bits per heavy atom. The molecule has 2 aromatic carbocycles. The van der Waals surface area contributed by atoms with Gasteiger partial charge >= 0.3 is 0 Å². The van der Waals surface area contributed by atoms with E-state index in [4.69, 9.17) is 5.73 Å². The number of hydrogen-bond donors (Lipinski definition) is 1. The molecule has 1 atom stereocenters. The van der Waals surface area contributed by atoms with Crippen molar-refractivity contribution in [3.63, 3.8) is 0 Å². The third-order valence-corrected chi connectivity index (χ3v) is 3.33. The second-order valence-electron chi connectivity index (χ2n) is 5.10. The molecule has 1 unspecified atom stereocenters. The minimum Gasteiger partial charge on any atom is -0.319 e. The van der Waals surface area contributed by atoms with Crippen molar-refractivity contribution in [3.8, 4) is 0 Å². The lowest BCUT2D eigenvalue weighted by Gasteiger charge is -2.23. The van der Waals surface area contributed by atoms with E-state index in [1.165, 1.54) is 5.56 Å². The molecule has 2 N–H and O–H groups in total. The Labute approximate surface area is 114 Å². The lowest BCUT2D eigenvalue weighted by atomic mass is 9.86. The number of aryl methyl sites for hydroxylation is 1. The normalized spacial score (nSPS) is 13.8. The Balaban J connectivity index is 2.04. The van der Waals surface area contributed by atoms with Crippen LogP contribution in [0.4, 0.5) is 0 Å². The zero-order valence-corrected chi connectivity index (χ0v) is 11.2. The van der Waals surface area contributed by atoms with Crippen molar-refractivity contribution in [2.75, 3.05) is 0 Å². The Morgan fingerprint density at radius 1 is 1.00 bits per heavy atom. The summed E-state index contributed by atoms with van der Waals surface area (Å²) >= 11 is 0. The first-order valence-electron chi connectivity index (χ1n) is 6.52. The van der Waals surface area contributed by atoms with E-state index >= 15 is 0 Å². The van der Waals surface area contributed by atoms with Gasteiger partial charge in [-0.25, -0.2) is 0 Å². The van der Waals surface area contributed by atoms with Crippen molar-refractivity contribution in [2.24, 2.45) is 5.73 Å². The van der Waals surface area contributed by atoms with Gasteiger partial charge in [0.2, 0.25) is 0 Å². The number of hydrogen-bond acceptors (Lipinski definition) is 2. The maximum absolute atomic E-state index is 12.4. The fourth-order valence-corrected chi connectivity index (χ4v) is 2.08. The molecule has 0 aliphatic rings. The molecule has 2 aromatic rings. The smallest absolute Gasteiger partial charge is 0.182 e. The molecule has 0 saturated heterocycles. The maximum atomic E-state index is 12.4. The van der Waals surface area contributed by atoms with Crippen molar-refractivity contribution in [3.05, 3.63) is 71.8 Å². The number of carbonyl (C=O) groups is 1. The maximum Gasteiger partial charge on any atom is 0.182 e. The van der Waals surface area contributed by atoms with Crippen LogP contribution in [0.2, 0.25) is 0 Å². The van der Waals surface area contributed by atoms with Crippen molar-refractivity contribution in [1.82, 2.24) is 0 Å². The first-order chi connectivity index (χ1) is 9.09. The van der Waals surface area contributed by atoms with Crippen LogP contribution < -0.4 is 5.73 Å². The lowest BCUT2D eigenvalue weighted by Crippen LogP contribution is -2.45. The molecule has 0 amide bonds. The van der Waals surface area contributed by atoms with Crippen LogP contribution in [0.5, 0.6) is 0 Å². The summed E-state index contributed by atoms with van der Waals surface area (Å²) in [5.74, 6) is 0.00373. The Hall–Kier alpha value is -1.93. The molecule has 2 nitrogen and oxygen atoms in total. The van der Waals surface area contributed by atoms with Gasteiger partial charge in [0.15, 0.2) is 5.78 Å². The Morgan fingerprint density at radius 3 is 2.11 bits per heavy atom. The summed E-state index contributed by atoms with van der Waals surface area (Å²) in [4.78, 5) is 12.4. The molecule has 0 heterocycles. The van der Waals surface area contributed by atoms with Gasteiger partial charge in [0.05, 0.1) is 5.54 Å². The third-order valence-electron chi connectivity index (χ3n) is 3.33. The van der Waals surface area contributed by atoms with Gasteiger partial charge < -0.3 is 5.73 Å². The van der Waals surface area contributed by atoms with Gasteiger partial charge in [-0.15, -0.1) is 0 Å². The molecule has 0 aliphatic heterocycles. The molecule has 0 bridgehead atoms. The van der Waals surface area contributed by atoms with Crippen molar-refractivity contribution in [1.29, 1.82) is 0 Å². The van der Waals surface area contributed by atoms with E-state index in [0.717, 1.165) is 6.42 Å². The topological polar surface area (TPSA) is 43.1 Å². The number of rotatable bonds is 5. The summed E-state index contributed by atoms with van der Waals surface area (Å²) in [6, 6.07) is 19.4. The van der Waals surface area contributed by atoms with E-state index in [9.17, 15) is 4.79 Å². The van der Waals surface area contributed by atoms with Crippen molar-refractivity contribution in [2.45, 2.75) is 25.3 Å². The van der Waals surface area contributed by atoms with Crippen LogP contribution in [-0.2, 0) is 6.42 Å². The zero-order valence-electron chi connectivity index (χ0n) is 11.2. The van der Waals surface area contributed by atoms with Crippen LogP contribution in [0, 0.1) is 0 Å². The molecule has 0 fully saturated rings. The van der Waals surface area contributed by atoms with Gasteiger partial charge in [-0.05, 0) is 25.3 Å². The van der Waals surface area contributed by atoms with Gasteiger partial charge in [-0.2, -0.15) is 0 Å². The standard InChI is InChI=1S/C17H19NO/c1-17(18,13-12-14-8-4-2-5-9-14)16(19)15-10-6-3-7-11-15/h2-11H,12-13,18H2,1H3. The van der Waals surface area contributed by atoms with Gasteiger partial charge in [-0.3, -0.25) is 4.79 Å². The fourth-order valence-electron chi connectivity index (χ4n) is 2.08. The van der Waals surface area contributed by atoms with Gasteiger partial charge in [0.1, 0.15) is 0 Å². The highest BCUT2D eigenvalue weighted by Crippen LogP contribution is 2.17. The molecule has 19 heavy (non-hydrogen) atoms. The van der Waals surface area contributed by atoms with E-state index in [2.05, 4.69) is 12.1 Å². The van der Waals surface area contributed by atoms with E-state index in [0.29, 0.717) is 12.0 Å². The lowest BCUT2D eigenvalue weighted by molar-refractivity contribution is 0.0894.